The highest BCUT2D eigenvalue weighted by molar-refractivity contribution is 9.10. The first-order valence-corrected chi connectivity index (χ1v) is 9.17. The lowest BCUT2D eigenvalue weighted by Gasteiger charge is -2.21. The van der Waals surface area contributed by atoms with Crippen LogP contribution in [0, 0.1) is 5.41 Å². The van der Waals surface area contributed by atoms with Gasteiger partial charge >= 0.3 is 0 Å². The summed E-state index contributed by atoms with van der Waals surface area (Å²) >= 11 is 3.53. The van der Waals surface area contributed by atoms with Crippen molar-refractivity contribution in [2.24, 2.45) is 0 Å². The van der Waals surface area contributed by atoms with Gasteiger partial charge in [0.25, 0.3) is 0 Å². The third kappa shape index (κ3) is 2.50. The normalized spacial score (nSPS) is 11.5. The molecule has 0 spiro atoms. The van der Waals surface area contributed by atoms with Crippen LogP contribution in [-0.2, 0) is 0 Å². The van der Waals surface area contributed by atoms with Crippen LogP contribution < -0.4 is 10.3 Å². The van der Waals surface area contributed by atoms with E-state index in [-0.39, 0.29) is 0 Å². The first-order valence-electron chi connectivity index (χ1n) is 8.38. The number of anilines is 1. The summed E-state index contributed by atoms with van der Waals surface area (Å²) in [5, 5.41) is 10.6. The van der Waals surface area contributed by atoms with E-state index in [0.29, 0.717) is 15.6 Å². The molecule has 25 heavy (non-hydrogen) atoms. The van der Waals surface area contributed by atoms with Gasteiger partial charge in [0.1, 0.15) is 11.2 Å². The van der Waals surface area contributed by atoms with Gasteiger partial charge in [-0.15, -0.1) is 0 Å². The Bertz CT molecular complexity index is 1120. The van der Waals surface area contributed by atoms with Crippen molar-refractivity contribution in [1.82, 2.24) is 4.98 Å². The van der Waals surface area contributed by atoms with Crippen LogP contribution in [0.15, 0.2) is 51.4 Å². The molecule has 0 saturated heterocycles. The zero-order valence-corrected chi connectivity index (χ0v) is 15.7. The fourth-order valence-electron chi connectivity index (χ4n) is 3.26. The van der Waals surface area contributed by atoms with Crippen LogP contribution in [0.2, 0.25) is 0 Å². The van der Waals surface area contributed by atoms with Crippen molar-refractivity contribution in [3.63, 3.8) is 0 Å². The third-order valence-corrected chi connectivity index (χ3v) is 5.36. The van der Waals surface area contributed by atoms with Gasteiger partial charge in [-0.05, 0) is 41.9 Å². The molecule has 1 N–H and O–H groups in total. The third-order valence-electron chi connectivity index (χ3n) is 4.60. The summed E-state index contributed by atoms with van der Waals surface area (Å²) in [4.78, 5) is 7.10. The Labute approximate surface area is 154 Å². The van der Waals surface area contributed by atoms with Crippen LogP contribution in [0.25, 0.3) is 33.3 Å². The Hall–Kier alpha value is -2.40. The quantitative estimate of drug-likeness (QED) is 0.384. The van der Waals surface area contributed by atoms with Gasteiger partial charge in [0.05, 0.1) is 9.83 Å². The highest BCUT2D eigenvalue weighted by Gasteiger charge is 2.19. The van der Waals surface area contributed by atoms with E-state index in [4.69, 9.17) is 14.8 Å². The molecule has 126 valence electrons. The Balaban J connectivity index is 2.07. The van der Waals surface area contributed by atoms with Crippen molar-refractivity contribution < 1.29 is 4.42 Å². The predicted molar refractivity (Wildman–Crippen MR) is 105 cm³/mol. The summed E-state index contributed by atoms with van der Waals surface area (Å²) in [6.45, 7) is 6.15. The van der Waals surface area contributed by atoms with Crippen LogP contribution in [-0.4, -0.2) is 18.1 Å². The first kappa shape index (κ1) is 16.1. The Morgan fingerprint density at radius 1 is 1.08 bits per heavy atom. The minimum Gasteiger partial charge on any atom is -0.451 e. The van der Waals surface area contributed by atoms with Crippen LogP contribution in [0.3, 0.4) is 0 Å². The van der Waals surface area contributed by atoms with E-state index < -0.39 is 0 Å². The average molecular weight is 396 g/mol. The van der Waals surface area contributed by atoms with E-state index >= 15 is 0 Å². The van der Waals surface area contributed by atoms with E-state index in [9.17, 15) is 0 Å². The fraction of sp³-hybridized carbons (Fsp3) is 0.200. The highest BCUT2D eigenvalue weighted by atomic mass is 79.9. The molecule has 2 aliphatic rings. The minimum atomic E-state index is 0.424. The molecule has 1 heterocycles. The van der Waals surface area contributed by atoms with Crippen LogP contribution >= 0.6 is 15.9 Å². The molecular weight excluding hydrogens is 378 g/mol. The SMILES string of the molecule is CCN(CC)c1ccc2nc3c4ccccc4c(=N)c(Br)c-3oc2c1. The number of hydrogen-bond acceptors (Lipinski definition) is 4. The number of nitrogens with one attached hydrogen (secondary N) is 1. The second-order valence-corrected chi connectivity index (χ2v) is 6.74. The molecule has 0 aromatic heterocycles. The molecule has 1 aliphatic carbocycles. The van der Waals surface area contributed by atoms with Crippen molar-refractivity contribution in [3.05, 3.63) is 52.3 Å². The summed E-state index contributed by atoms with van der Waals surface area (Å²) in [5.41, 5.74) is 3.44. The van der Waals surface area contributed by atoms with Crippen LogP contribution in [0.4, 0.5) is 5.69 Å². The molecule has 2 aromatic carbocycles. The lowest BCUT2D eigenvalue weighted by molar-refractivity contribution is 0.610. The second-order valence-electron chi connectivity index (χ2n) is 5.95. The second kappa shape index (κ2) is 6.15. The van der Waals surface area contributed by atoms with Gasteiger partial charge < -0.3 is 9.32 Å². The zero-order chi connectivity index (χ0) is 17.6. The molecule has 0 radical (unpaired) electrons. The molecule has 1 aliphatic heterocycles. The van der Waals surface area contributed by atoms with Gasteiger partial charge in [-0.1, -0.05) is 24.3 Å². The number of halogens is 1. The molecule has 0 amide bonds. The van der Waals surface area contributed by atoms with E-state index in [1.165, 1.54) is 0 Å². The highest BCUT2D eigenvalue weighted by Crippen LogP contribution is 2.35. The molecule has 4 rings (SSSR count). The molecule has 2 aromatic rings. The van der Waals surface area contributed by atoms with Crippen molar-refractivity contribution in [1.29, 1.82) is 5.41 Å². The van der Waals surface area contributed by atoms with E-state index in [1.54, 1.807) is 0 Å². The molecule has 0 unspecified atom stereocenters. The molecule has 0 atom stereocenters. The topological polar surface area (TPSA) is 53.1 Å². The maximum atomic E-state index is 8.41. The summed E-state index contributed by atoms with van der Waals surface area (Å²) in [7, 11) is 0. The standard InChI is InChI=1S/C20H18BrN3O/c1-3-24(4-2)12-9-10-15-16(11-12)25-20-17(21)18(22)13-7-5-6-8-14(13)19(20)23-15/h5-11,22H,3-4H2,1-2H3. The van der Waals surface area contributed by atoms with E-state index in [2.05, 4.69) is 40.7 Å². The fourth-order valence-corrected chi connectivity index (χ4v) is 3.74. The van der Waals surface area contributed by atoms with Crippen molar-refractivity contribution in [2.75, 3.05) is 18.0 Å². The average Bonchev–Trinajstić information content (AvgIpc) is 2.66. The summed E-state index contributed by atoms with van der Waals surface area (Å²) in [6, 6.07) is 13.9. The number of nitrogens with zero attached hydrogens (tertiary/aromatic N) is 2. The maximum absolute atomic E-state index is 8.41. The van der Waals surface area contributed by atoms with Crippen molar-refractivity contribution >= 4 is 43.5 Å². The van der Waals surface area contributed by atoms with Gasteiger partial charge in [0, 0.05) is 35.6 Å². The van der Waals surface area contributed by atoms with Gasteiger partial charge in [-0.2, -0.15) is 0 Å². The Morgan fingerprint density at radius 3 is 2.52 bits per heavy atom. The van der Waals surface area contributed by atoms with E-state index in [1.807, 2.05) is 36.4 Å². The van der Waals surface area contributed by atoms with E-state index in [0.717, 1.165) is 46.3 Å². The monoisotopic (exact) mass is 395 g/mol. The lowest BCUT2D eigenvalue weighted by atomic mass is 10.0. The number of aromatic nitrogens is 1. The lowest BCUT2D eigenvalue weighted by Crippen LogP contribution is -2.21. The number of rotatable bonds is 3. The Kier molecular flexibility index (Phi) is 3.96. The van der Waals surface area contributed by atoms with Crippen LogP contribution in [0.5, 0.6) is 0 Å². The maximum Gasteiger partial charge on any atom is 0.170 e. The van der Waals surface area contributed by atoms with Gasteiger partial charge in [0.2, 0.25) is 0 Å². The molecule has 5 heteroatoms. The Morgan fingerprint density at radius 2 is 1.80 bits per heavy atom. The summed E-state index contributed by atoms with van der Waals surface area (Å²) in [5.74, 6) is 0.618. The summed E-state index contributed by atoms with van der Waals surface area (Å²) < 4.78 is 6.83. The van der Waals surface area contributed by atoms with Crippen molar-refractivity contribution in [3.8, 4) is 11.5 Å². The summed E-state index contributed by atoms with van der Waals surface area (Å²) in [6.07, 6.45) is 0. The smallest absolute Gasteiger partial charge is 0.170 e. The molecular formula is C20H18BrN3O. The van der Waals surface area contributed by atoms with Crippen LogP contribution in [0.1, 0.15) is 13.8 Å². The zero-order valence-electron chi connectivity index (χ0n) is 14.1. The number of benzene rings is 3. The minimum absolute atomic E-state index is 0.424. The molecule has 0 fully saturated rings. The van der Waals surface area contributed by atoms with Crippen molar-refractivity contribution in [2.45, 2.75) is 13.8 Å². The largest absolute Gasteiger partial charge is 0.451 e. The molecule has 0 saturated carbocycles. The number of fused-ring (bicyclic) bond motifs is 4. The predicted octanol–water partition coefficient (Wildman–Crippen LogP) is 5.17. The molecule has 0 bridgehead atoms. The van der Waals surface area contributed by atoms with Gasteiger partial charge in [-0.3, -0.25) is 5.41 Å². The van der Waals surface area contributed by atoms with Gasteiger partial charge in [0.15, 0.2) is 11.3 Å². The number of hydrogen-bond donors (Lipinski definition) is 1. The molecule has 4 nitrogen and oxygen atoms in total. The first-order chi connectivity index (χ1) is 12.1. The van der Waals surface area contributed by atoms with Gasteiger partial charge in [-0.25, -0.2) is 4.98 Å².